The van der Waals surface area contributed by atoms with Crippen molar-refractivity contribution in [3.05, 3.63) is 88.7 Å². The number of carbonyl (C=O) groups excluding carboxylic acids is 1. The van der Waals surface area contributed by atoms with E-state index in [0.29, 0.717) is 16.3 Å². The first-order valence-corrected chi connectivity index (χ1v) is 13.4. The molecule has 3 rings (SSSR count). The second-order valence-corrected chi connectivity index (χ2v) is 11.5. The minimum absolute atomic E-state index is 0.0395. The molecule has 0 aliphatic carbocycles. The Kier molecular flexibility index (Phi) is 8.76. The average Bonchev–Trinajstić information content (AvgIpc) is 2.81. The lowest BCUT2D eigenvalue weighted by molar-refractivity contribution is 0.102. The van der Waals surface area contributed by atoms with Crippen molar-refractivity contribution in [2.24, 2.45) is 5.92 Å². The number of rotatable bonds is 9. The van der Waals surface area contributed by atoms with E-state index in [4.69, 9.17) is 11.6 Å². The summed E-state index contributed by atoms with van der Waals surface area (Å²) in [6, 6.07) is 16.6. The number of anilines is 2. The summed E-state index contributed by atoms with van der Waals surface area (Å²) < 4.78 is 42.5. The van der Waals surface area contributed by atoms with Crippen LogP contribution in [0.25, 0.3) is 0 Å². The van der Waals surface area contributed by atoms with Crippen LogP contribution in [0.15, 0.2) is 71.6 Å². The first-order chi connectivity index (χ1) is 16.9. The van der Waals surface area contributed by atoms with Crippen LogP contribution < -0.4 is 10.2 Å². The van der Waals surface area contributed by atoms with Crippen molar-refractivity contribution in [2.45, 2.75) is 38.3 Å². The molecule has 0 fully saturated rings. The van der Waals surface area contributed by atoms with Crippen molar-refractivity contribution in [2.75, 3.05) is 24.3 Å². The van der Waals surface area contributed by atoms with Gasteiger partial charge in [-0.2, -0.15) is 4.31 Å². The third-order valence-corrected chi connectivity index (χ3v) is 8.22. The van der Waals surface area contributed by atoms with Gasteiger partial charge in [0.05, 0.1) is 4.90 Å². The number of carbonyl (C=O) groups is 1. The fourth-order valence-corrected chi connectivity index (χ4v) is 5.81. The molecule has 0 bridgehead atoms. The van der Waals surface area contributed by atoms with Gasteiger partial charge in [-0.05, 0) is 73.0 Å². The van der Waals surface area contributed by atoms with Crippen LogP contribution in [0.5, 0.6) is 0 Å². The Bertz CT molecular complexity index is 1350. The molecule has 192 valence electrons. The molecule has 1 amide bonds. The molecule has 9 heteroatoms. The maximum Gasteiger partial charge on any atom is 0.255 e. The average molecular weight is 532 g/mol. The number of halogens is 2. The summed E-state index contributed by atoms with van der Waals surface area (Å²) in [6.45, 7) is 5.88. The van der Waals surface area contributed by atoms with E-state index in [2.05, 4.69) is 5.32 Å². The van der Waals surface area contributed by atoms with Gasteiger partial charge in [0, 0.05) is 48.6 Å². The highest BCUT2D eigenvalue weighted by Crippen LogP contribution is 2.30. The maximum atomic E-state index is 13.7. The lowest BCUT2D eigenvalue weighted by atomic mass is 10.1. The molecule has 0 unspecified atom stereocenters. The molecular weight excluding hydrogens is 501 g/mol. The maximum absolute atomic E-state index is 13.7. The summed E-state index contributed by atoms with van der Waals surface area (Å²) in [5.41, 5.74) is 2.17. The standard InChI is InChI=1S/C27H31ClFN3O3S/c1-18(2)19(3)32(36(34,35)25-11-7-9-22(28)16-25)17-21-15-24(12-13-26(21)31(4)5)30-27(33)20-8-6-10-23(29)14-20/h6-16,18-19H,17H2,1-5H3,(H,30,33)/t19-/m0/s1. The van der Waals surface area contributed by atoms with Crippen LogP contribution in [0.2, 0.25) is 5.02 Å². The molecule has 0 saturated heterocycles. The number of benzene rings is 3. The highest BCUT2D eigenvalue weighted by Gasteiger charge is 2.32. The highest BCUT2D eigenvalue weighted by atomic mass is 35.5. The molecule has 6 nitrogen and oxygen atoms in total. The second kappa shape index (κ2) is 11.4. The summed E-state index contributed by atoms with van der Waals surface area (Å²) in [5.74, 6) is -0.925. The van der Waals surface area contributed by atoms with Gasteiger partial charge in [-0.3, -0.25) is 4.79 Å². The molecule has 0 heterocycles. The van der Waals surface area contributed by atoms with E-state index in [9.17, 15) is 17.6 Å². The first-order valence-electron chi connectivity index (χ1n) is 11.5. The normalized spacial score (nSPS) is 12.6. The summed E-state index contributed by atoms with van der Waals surface area (Å²) in [5, 5.41) is 3.12. The third kappa shape index (κ3) is 6.43. The fourth-order valence-electron chi connectivity index (χ4n) is 3.77. The van der Waals surface area contributed by atoms with Crippen LogP contribution in [0.4, 0.5) is 15.8 Å². The van der Waals surface area contributed by atoms with Crippen LogP contribution in [0, 0.1) is 11.7 Å². The molecule has 3 aromatic rings. The highest BCUT2D eigenvalue weighted by molar-refractivity contribution is 7.89. The van der Waals surface area contributed by atoms with E-state index in [-0.39, 0.29) is 29.0 Å². The van der Waals surface area contributed by atoms with Crippen molar-refractivity contribution in [3.63, 3.8) is 0 Å². The zero-order chi connectivity index (χ0) is 26.6. The van der Waals surface area contributed by atoms with Gasteiger partial charge in [0.15, 0.2) is 0 Å². The lowest BCUT2D eigenvalue weighted by Gasteiger charge is -2.32. The van der Waals surface area contributed by atoms with Crippen LogP contribution in [0.3, 0.4) is 0 Å². The largest absolute Gasteiger partial charge is 0.377 e. The van der Waals surface area contributed by atoms with Gasteiger partial charge in [-0.1, -0.05) is 37.6 Å². The number of hydrogen-bond donors (Lipinski definition) is 1. The van der Waals surface area contributed by atoms with Crippen LogP contribution in [0.1, 0.15) is 36.7 Å². The van der Waals surface area contributed by atoms with E-state index in [1.807, 2.05) is 45.8 Å². The number of sulfonamides is 1. The predicted octanol–water partition coefficient (Wildman–Crippen LogP) is 6.03. The third-order valence-electron chi connectivity index (χ3n) is 6.05. The quantitative estimate of drug-likeness (QED) is 0.366. The van der Waals surface area contributed by atoms with Gasteiger partial charge < -0.3 is 10.2 Å². The van der Waals surface area contributed by atoms with E-state index >= 15 is 0 Å². The van der Waals surface area contributed by atoms with E-state index in [1.54, 1.807) is 24.3 Å². The Morgan fingerprint density at radius 2 is 1.69 bits per heavy atom. The van der Waals surface area contributed by atoms with Gasteiger partial charge in [0.1, 0.15) is 5.82 Å². The Balaban J connectivity index is 2.02. The summed E-state index contributed by atoms with van der Waals surface area (Å²) in [7, 11) is -0.158. The smallest absolute Gasteiger partial charge is 0.255 e. The minimum Gasteiger partial charge on any atom is -0.377 e. The molecule has 0 saturated carbocycles. The molecule has 1 atom stereocenters. The molecule has 0 radical (unpaired) electrons. The van der Waals surface area contributed by atoms with Gasteiger partial charge in [0.25, 0.3) is 5.91 Å². The monoisotopic (exact) mass is 531 g/mol. The van der Waals surface area contributed by atoms with Crippen LogP contribution in [-0.2, 0) is 16.6 Å². The van der Waals surface area contributed by atoms with E-state index in [0.717, 1.165) is 11.8 Å². The molecule has 3 aromatic carbocycles. The SMILES string of the molecule is CC(C)[C@H](C)N(Cc1cc(NC(=O)c2cccc(F)c2)ccc1N(C)C)S(=O)(=O)c1cccc(Cl)c1. The number of nitrogens with one attached hydrogen (secondary N) is 1. The lowest BCUT2D eigenvalue weighted by Crippen LogP contribution is -2.41. The molecular formula is C27H31ClFN3O3S. The first kappa shape index (κ1) is 27.6. The Hall–Kier alpha value is -2.94. The van der Waals surface area contributed by atoms with Crippen LogP contribution in [-0.4, -0.2) is 38.8 Å². The van der Waals surface area contributed by atoms with Gasteiger partial charge in [-0.25, -0.2) is 12.8 Å². The van der Waals surface area contributed by atoms with E-state index < -0.39 is 21.7 Å². The van der Waals surface area contributed by atoms with Crippen molar-refractivity contribution >= 4 is 38.9 Å². The van der Waals surface area contributed by atoms with Gasteiger partial charge >= 0.3 is 0 Å². The summed E-state index contributed by atoms with van der Waals surface area (Å²) in [4.78, 5) is 14.7. The molecule has 0 aliphatic rings. The number of hydrogen-bond acceptors (Lipinski definition) is 4. The Morgan fingerprint density at radius 1 is 1.00 bits per heavy atom. The molecule has 0 aliphatic heterocycles. The Morgan fingerprint density at radius 3 is 2.31 bits per heavy atom. The summed E-state index contributed by atoms with van der Waals surface area (Å²) in [6.07, 6.45) is 0. The van der Waals surface area contributed by atoms with Gasteiger partial charge in [0.2, 0.25) is 10.0 Å². The topological polar surface area (TPSA) is 69.7 Å². The molecule has 36 heavy (non-hydrogen) atoms. The molecule has 0 spiro atoms. The number of amides is 1. The Labute approximate surface area is 217 Å². The zero-order valence-corrected chi connectivity index (χ0v) is 22.6. The molecule has 0 aromatic heterocycles. The van der Waals surface area contributed by atoms with Crippen LogP contribution >= 0.6 is 11.6 Å². The van der Waals surface area contributed by atoms with Crippen molar-refractivity contribution in [3.8, 4) is 0 Å². The van der Waals surface area contributed by atoms with Gasteiger partial charge in [-0.15, -0.1) is 0 Å². The number of nitrogens with zero attached hydrogens (tertiary/aromatic N) is 2. The predicted molar refractivity (Wildman–Crippen MR) is 144 cm³/mol. The van der Waals surface area contributed by atoms with Crippen molar-refractivity contribution < 1.29 is 17.6 Å². The summed E-state index contributed by atoms with van der Waals surface area (Å²) >= 11 is 6.10. The van der Waals surface area contributed by atoms with Crippen molar-refractivity contribution in [1.82, 2.24) is 4.31 Å². The second-order valence-electron chi connectivity index (χ2n) is 9.19. The minimum atomic E-state index is -3.89. The van der Waals surface area contributed by atoms with Crippen molar-refractivity contribution in [1.29, 1.82) is 0 Å². The molecule has 1 N–H and O–H groups in total. The fraction of sp³-hybridized carbons (Fsp3) is 0.296. The zero-order valence-electron chi connectivity index (χ0n) is 21.0. The van der Waals surface area contributed by atoms with E-state index in [1.165, 1.54) is 34.6 Å².